The molecule has 0 bridgehead atoms. The van der Waals surface area contributed by atoms with Gasteiger partial charge in [-0.05, 0) is 18.3 Å². The normalized spacial score (nSPS) is 28.5. The Hall–Kier alpha value is -0.420. The molecule has 4 nitrogen and oxygen atoms in total. The average Bonchev–Trinajstić information content (AvgIpc) is 2.19. The fourth-order valence-electron chi connectivity index (χ4n) is 1.62. The number of amides is 1. The van der Waals surface area contributed by atoms with Crippen LogP contribution in [-0.4, -0.2) is 33.7 Å². The Morgan fingerprint density at radius 1 is 1.38 bits per heavy atom. The second-order valence-corrected chi connectivity index (χ2v) is 7.17. The van der Waals surface area contributed by atoms with Crippen LogP contribution in [-0.2, 0) is 15.6 Å². The van der Waals surface area contributed by atoms with Crippen molar-refractivity contribution >= 4 is 16.7 Å². The van der Waals surface area contributed by atoms with Crippen molar-refractivity contribution in [2.75, 3.05) is 11.5 Å². The second kappa shape index (κ2) is 5.27. The molecule has 1 atom stereocenters. The fourth-order valence-corrected chi connectivity index (χ4v) is 2.92. The van der Waals surface area contributed by atoms with Crippen LogP contribution in [0.4, 0.5) is 0 Å². The molecule has 0 radical (unpaired) electrons. The molecule has 0 unspecified atom stereocenters. The molecule has 0 aromatic rings. The molecule has 1 aliphatic rings. The number of nitrogens with two attached hydrogens (primary N) is 1. The number of carbonyl (C=O) groups is 1. The van der Waals surface area contributed by atoms with Gasteiger partial charge in [0, 0.05) is 28.3 Å². The van der Waals surface area contributed by atoms with Gasteiger partial charge in [-0.15, -0.1) is 0 Å². The molecule has 5 heteroatoms. The molecule has 0 aliphatic carbocycles. The molecular weight excluding hydrogens is 224 g/mol. The van der Waals surface area contributed by atoms with E-state index in [4.69, 9.17) is 5.73 Å². The third-order valence-electron chi connectivity index (χ3n) is 2.95. The highest BCUT2D eigenvalue weighted by molar-refractivity contribution is 7.85. The first-order chi connectivity index (χ1) is 7.30. The number of nitrogens with one attached hydrogen (secondary N) is 1. The first-order valence-electron chi connectivity index (χ1n) is 5.71. The minimum absolute atomic E-state index is 0.0924. The zero-order valence-corrected chi connectivity index (χ0v) is 11.1. The molecule has 3 N–H and O–H groups in total. The third kappa shape index (κ3) is 3.87. The molecular formula is C11H22N2O2S. The van der Waals surface area contributed by atoms with Crippen LogP contribution < -0.4 is 11.1 Å². The molecule has 1 fully saturated rings. The Bertz CT molecular complexity index is 276. The van der Waals surface area contributed by atoms with Gasteiger partial charge in [0.15, 0.2) is 0 Å². The van der Waals surface area contributed by atoms with E-state index in [2.05, 4.69) is 5.32 Å². The molecule has 1 saturated heterocycles. The highest BCUT2D eigenvalue weighted by atomic mass is 32.2. The van der Waals surface area contributed by atoms with E-state index < -0.39 is 16.8 Å². The second-order valence-electron chi connectivity index (χ2n) is 5.47. The monoisotopic (exact) mass is 246 g/mol. The molecule has 0 saturated carbocycles. The zero-order valence-electron chi connectivity index (χ0n) is 10.3. The molecule has 16 heavy (non-hydrogen) atoms. The largest absolute Gasteiger partial charge is 0.352 e. The van der Waals surface area contributed by atoms with Crippen molar-refractivity contribution in [1.29, 1.82) is 0 Å². The van der Waals surface area contributed by atoms with Crippen LogP contribution in [0.5, 0.6) is 0 Å². The highest BCUT2D eigenvalue weighted by Gasteiger charge is 2.29. The highest BCUT2D eigenvalue weighted by Crippen LogP contribution is 2.18. The summed E-state index contributed by atoms with van der Waals surface area (Å²) in [6.07, 6.45) is 1.60. The van der Waals surface area contributed by atoms with Crippen LogP contribution in [0.3, 0.4) is 0 Å². The minimum Gasteiger partial charge on any atom is -0.352 e. The van der Waals surface area contributed by atoms with E-state index in [-0.39, 0.29) is 17.4 Å². The van der Waals surface area contributed by atoms with Crippen LogP contribution in [0.25, 0.3) is 0 Å². The summed E-state index contributed by atoms with van der Waals surface area (Å²) in [6.45, 7) is 5.85. The lowest BCUT2D eigenvalue weighted by Gasteiger charge is -2.29. The van der Waals surface area contributed by atoms with Gasteiger partial charge in [-0.3, -0.25) is 9.00 Å². The summed E-state index contributed by atoms with van der Waals surface area (Å²) in [5, 5.41) is 2.95. The lowest BCUT2D eigenvalue weighted by atomic mass is 9.86. The summed E-state index contributed by atoms with van der Waals surface area (Å²) >= 11 is 0. The van der Waals surface area contributed by atoms with Crippen molar-refractivity contribution in [2.45, 2.75) is 45.7 Å². The Labute approximate surface area is 99.8 Å². The van der Waals surface area contributed by atoms with Gasteiger partial charge >= 0.3 is 0 Å². The van der Waals surface area contributed by atoms with Crippen molar-refractivity contribution < 1.29 is 9.00 Å². The van der Waals surface area contributed by atoms with Gasteiger partial charge < -0.3 is 11.1 Å². The van der Waals surface area contributed by atoms with Gasteiger partial charge in [0.25, 0.3) is 0 Å². The molecule has 94 valence electrons. The van der Waals surface area contributed by atoms with Crippen molar-refractivity contribution in [3.05, 3.63) is 0 Å². The predicted molar refractivity (Wildman–Crippen MR) is 66.5 cm³/mol. The van der Waals surface area contributed by atoms with Crippen LogP contribution >= 0.6 is 0 Å². The smallest absolute Gasteiger partial charge is 0.237 e. The summed E-state index contributed by atoms with van der Waals surface area (Å²) in [4.78, 5) is 11.8. The van der Waals surface area contributed by atoms with E-state index in [1.54, 1.807) is 0 Å². The maximum Gasteiger partial charge on any atom is 0.237 e. The Kier molecular flexibility index (Phi) is 4.50. The maximum absolute atomic E-state index is 11.8. The summed E-state index contributed by atoms with van der Waals surface area (Å²) < 4.78 is 11.2. The molecule has 1 amide bonds. The SMILES string of the molecule is CC(C)(C)[C@H](N)C(=O)NC1CCS(=O)CC1. The summed E-state index contributed by atoms with van der Waals surface area (Å²) in [5.74, 6) is 1.29. The van der Waals surface area contributed by atoms with Gasteiger partial charge in [-0.1, -0.05) is 20.8 Å². The standard InChI is InChI=1S/C11H22N2O2S/c1-11(2,3)9(12)10(14)13-8-4-6-16(15)7-5-8/h8-9H,4-7,12H2,1-3H3,(H,13,14)/t8?,9-,16?/m1/s1. The molecule has 1 aliphatic heterocycles. The topological polar surface area (TPSA) is 72.2 Å². The number of hydrogen-bond donors (Lipinski definition) is 2. The van der Waals surface area contributed by atoms with Gasteiger partial charge in [-0.25, -0.2) is 0 Å². The summed E-state index contributed by atoms with van der Waals surface area (Å²) in [5.41, 5.74) is 5.65. The molecule has 0 aromatic heterocycles. The van der Waals surface area contributed by atoms with E-state index >= 15 is 0 Å². The Morgan fingerprint density at radius 2 is 1.88 bits per heavy atom. The van der Waals surface area contributed by atoms with E-state index in [0.29, 0.717) is 11.5 Å². The molecule has 1 rings (SSSR count). The number of carbonyl (C=O) groups excluding carboxylic acids is 1. The van der Waals surface area contributed by atoms with Gasteiger partial charge in [0.2, 0.25) is 5.91 Å². The third-order valence-corrected chi connectivity index (χ3v) is 4.33. The number of hydrogen-bond acceptors (Lipinski definition) is 3. The van der Waals surface area contributed by atoms with Gasteiger partial charge in [0.05, 0.1) is 6.04 Å². The first-order valence-corrected chi connectivity index (χ1v) is 7.20. The van der Waals surface area contributed by atoms with E-state index in [0.717, 1.165) is 12.8 Å². The Morgan fingerprint density at radius 3 is 2.31 bits per heavy atom. The van der Waals surface area contributed by atoms with Crippen LogP contribution in [0.1, 0.15) is 33.6 Å². The van der Waals surface area contributed by atoms with Gasteiger partial charge in [-0.2, -0.15) is 0 Å². The fraction of sp³-hybridized carbons (Fsp3) is 0.909. The van der Waals surface area contributed by atoms with Gasteiger partial charge in [0.1, 0.15) is 0 Å². The predicted octanol–water partition coefficient (Wildman–Crippen LogP) is 0.387. The Balaban J connectivity index is 2.43. The van der Waals surface area contributed by atoms with Crippen molar-refractivity contribution in [3.63, 3.8) is 0 Å². The quantitative estimate of drug-likeness (QED) is 0.740. The minimum atomic E-state index is -0.686. The maximum atomic E-state index is 11.8. The lowest BCUT2D eigenvalue weighted by Crippen LogP contribution is -2.52. The van der Waals surface area contributed by atoms with E-state index in [9.17, 15) is 9.00 Å². The summed E-state index contributed by atoms with van der Waals surface area (Å²) in [6, 6.07) is -0.335. The van der Waals surface area contributed by atoms with E-state index in [1.165, 1.54) is 0 Å². The molecule has 0 spiro atoms. The van der Waals surface area contributed by atoms with Crippen molar-refractivity contribution in [3.8, 4) is 0 Å². The van der Waals surface area contributed by atoms with E-state index in [1.807, 2.05) is 20.8 Å². The summed E-state index contributed by atoms with van der Waals surface area (Å²) in [7, 11) is -0.686. The van der Waals surface area contributed by atoms with Crippen LogP contribution in [0.15, 0.2) is 0 Å². The average molecular weight is 246 g/mol. The number of rotatable bonds is 2. The van der Waals surface area contributed by atoms with Crippen LogP contribution in [0, 0.1) is 5.41 Å². The van der Waals surface area contributed by atoms with Crippen molar-refractivity contribution in [2.24, 2.45) is 11.1 Å². The van der Waals surface area contributed by atoms with Crippen LogP contribution in [0.2, 0.25) is 0 Å². The first kappa shape index (κ1) is 13.6. The molecule has 0 aromatic carbocycles. The zero-order chi connectivity index (χ0) is 12.3. The molecule has 1 heterocycles. The van der Waals surface area contributed by atoms with Crippen molar-refractivity contribution in [1.82, 2.24) is 5.32 Å². The lowest BCUT2D eigenvalue weighted by molar-refractivity contribution is -0.125.